The molecule has 1 N–H and O–H groups in total. The maximum absolute atomic E-state index is 4.70. The van der Waals surface area contributed by atoms with Gasteiger partial charge in [-0.15, -0.1) is 0 Å². The normalized spacial score (nSPS) is 23.0. The first-order valence-electron chi connectivity index (χ1n) is 5.59. The Morgan fingerprint density at radius 3 is 2.80 bits per heavy atom. The molecule has 0 saturated carbocycles. The lowest BCUT2D eigenvalue weighted by molar-refractivity contribution is 0.540. The summed E-state index contributed by atoms with van der Waals surface area (Å²) in [7, 11) is 0. The van der Waals surface area contributed by atoms with E-state index in [0.29, 0.717) is 18.0 Å². The highest BCUT2D eigenvalue weighted by Gasteiger charge is 2.21. The molecule has 0 radical (unpaired) electrons. The quantitative estimate of drug-likeness (QED) is 0.807. The third-order valence-electron chi connectivity index (χ3n) is 2.57. The molecular formula is C11H22N2S2. The van der Waals surface area contributed by atoms with Crippen molar-refractivity contribution in [3.8, 4) is 0 Å². The van der Waals surface area contributed by atoms with Crippen molar-refractivity contribution >= 4 is 28.7 Å². The van der Waals surface area contributed by atoms with Crippen molar-refractivity contribution < 1.29 is 0 Å². The lowest BCUT2D eigenvalue weighted by Crippen LogP contribution is -2.30. The third kappa shape index (κ3) is 4.68. The fraction of sp³-hybridized carbons (Fsp3) is 0.909. The molecule has 0 bridgehead atoms. The number of thioether (sulfide) groups is 2. The van der Waals surface area contributed by atoms with Gasteiger partial charge in [0.05, 0.1) is 6.04 Å². The number of nitrogens with zero attached hydrogens (tertiary/aromatic N) is 1. The summed E-state index contributed by atoms with van der Waals surface area (Å²) in [5, 5.41) is 4.65. The number of rotatable bonds is 5. The summed E-state index contributed by atoms with van der Waals surface area (Å²) >= 11 is 3.78. The van der Waals surface area contributed by atoms with Crippen LogP contribution >= 0.6 is 23.5 Å². The Hall–Kier alpha value is 0.170. The van der Waals surface area contributed by atoms with Crippen molar-refractivity contribution in [2.75, 3.05) is 17.8 Å². The Kier molecular flexibility index (Phi) is 5.90. The standard InChI is InChI=1S/C11H22N2S2/c1-8(2)10-7-15-11(13-10)12-9(3)5-6-14-4/h8-10H,5-7H2,1-4H3,(H,12,13)/t9?,10-/m1/s1. The first kappa shape index (κ1) is 13.2. The summed E-state index contributed by atoms with van der Waals surface area (Å²) in [4.78, 5) is 4.70. The molecule has 0 fully saturated rings. The lowest BCUT2D eigenvalue weighted by atomic mass is 10.1. The highest BCUT2D eigenvalue weighted by molar-refractivity contribution is 8.14. The van der Waals surface area contributed by atoms with Crippen molar-refractivity contribution in [1.29, 1.82) is 0 Å². The highest BCUT2D eigenvalue weighted by atomic mass is 32.2. The number of aliphatic imine (C=N–C) groups is 1. The minimum absolute atomic E-state index is 0.519. The van der Waals surface area contributed by atoms with Crippen LogP contribution in [0.15, 0.2) is 4.99 Å². The average Bonchev–Trinajstić information content (AvgIpc) is 2.63. The van der Waals surface area contributed by atoms with Gasteiger partial charge < -0.3 is 5.32 Å². The zero-order valence-corrected chi connectivity index (χ0v) is 11.8. The Balaban J connectivity index is 2.30. The van der Waals surface area contributed by atoms with Crippen LogP contribution in [0.1, 0.15) is 27.2 Å². The van der Waals surface area contributed by atoms with E-state index in [4.69, 9.17) is 4.99 Å². The molecule has 0 aromatic carbocycles. The van der Waals surface area contributed by atoms with E-state index in [2.05, 4.69) is 32.3 Å². The SMILES string of the molecule is CSCCC(C)NC1=N[C@@H](C(C)C)CS1. The summed E-state index contributed by atoms with van der Waals surface area (Å²) in [5.41, 5.74) is 0. The van der Waals surface area contributed by atoms with Crippen LogP contribution in [-0.4, -0.2) is 35.0 Å². The van der Waals surface area contributed by atoms with E-state index in [0.717, 1.165) is 10.9 Å². The van der Waals surface area contributed by atoms with E-state index in [-0.39, 0.29) is 0 Å². The minimum Gasteiger partial charge on any atom is -0.362 e. The molecule has 1 aliphatic heterocycles. The monoisotopic (exact) mass is 246 g/mol. The molecule has 1 heterocycles. The molecule has 15 heavy (non-hydrogen) atoms. The van der Waals surface area contributed by atoms with Crippen LogP contribution in [0, 0.1) is 5.92 Å². The third-order valence-corrected chi connectivity index (χ3v) is 4.22. The summed E-state index contributed by atoms with van der Waals surface area (Å²) in [6.45, 7) is 6.73. The Morgan fingerprint density at radius 1 is 1.53 bits per heavy atom. The first-order chi connectivity index (χ1) is 7.13. The van der Waals surface area contributed by atoms with Crippen LogP contribution in [-0.2, 0) is 0 Å². The molecule has 2 nitrogen and oxygen atoms in total. The molecule has 0 spiro atoms. The van der Waals surface area contributed by atoms with Gasteiger partial charge in [-0.1, -0.05) is 25.6 Å². The lowest BCUT2D eigenvalue weighted by Gasteiger charge is -2.13. The van der Waals surface area contributed by atoms with E-state index in [1.807, 2.05) is 23.5 Å². The molecule has 1 rings (SSSR count). The van der Waals surface area contributed by atoms with Gasteiger partial charge in [0.15, 0.2) is 5.17 Å². The van der Waals surface area contributed by atoms with Gasteiger partial charge in [-0.2, -0.15) is 11.8 Å². The fourth-order valence-electron chi connectivity index (χ4n) is 1.39. The second kappa shape index (κ2) is 6.69. The maximum Gasteiger partial charge on any atom is 0.157 e. The van der Waals surface area contributed by atoms with Gasteiger partial charge in [-0.05, 0) is 31.3 Å². The summed E-state index contributed by atoms with van der Waals surface area (Å²) in [5.74, 6) is 3.04. The molecule has 4 heteroatoms. The van der Waals surface area contributed by atoms with Crippen molar-refractivity contribution in [3.05, 3.63) is 0 Å². The van der Waals surface area contributed by atoms with Gasteiger partial charge >= 0.3 is 0 Å². The molecule has 0 saturated heterocycles. The molecule has 1 unspecified atom stereocenters. The van der Waals surface area contributed by atoms with Crippen LogP contribution in [0.25, 0.3) is 0 Å². The van der Waals surface area contributed by atoms with E-state index >= 15 is 0 Å². The van der Waals surface area contributed by atoms with Crippen LogP contribution < -0.4 is 5.32 Å². The second-order valence-electron chi connectivity index (χ2n) is 4.38. The van der Waals surface area contributed by atoms with Crippen molar-refractivity contribution in [2.45, 2.75) is 39.3 Å². The Morgan fingerprint density at radius 2 is 2.27 bits per heavy atom. The Bertz CT molecular complexity index is 217. The minimum atomic E-state index is 0.519. The van der Waals surface area contributed by atoms with Gasteiger partial charge in [0.25, 0.3) is 0 Å². The van der Waals surface area contributed by atoms with Gasteiger partial charge in [0, 0.05) is 11.8 Å². The van der Waals surface area contributed by atoms with Gasteiger partial charge in [-0.3, -0.25) is 4.99 Å². The highest BCUT2D eigenvalue weighted by Crippen LogP contribution is 2.22. The second-order valence-corrected chi connectivity index (χ2v) is 6.38. The molecule has 2 atom stereocenters. The zero-order chi connectivity index (χ0) is 11.3. The van der Waals surface area contributed by atoms with E-state index in [1.54, 1.807) is 0 Å². The first-order valence-corrected chi connectivity index (χ1v) is 7.97. The number of hydrogen-bond acceptors (Lipinski definition) is 4. The number of hydrogen-bond donors (Lipinski definition) is 1. The topological polar surface area (TPSA) is 24.4 Å². The predicted octanol–water partition coefficient (Wildman–Crippen LogP) is 2.85. The predicted molar refractivity (Wildman–Crippen MR) is 74.1 cm³/mol. The summed E-state index contributed by atoms with van der Waals surface area (Å²) in [6, 6.07) is 1.07. The summed E-state index contributed by atoms with van der Waals surface area (Å²) < 4.78 is 0. The van der Waals surface area contributed by atoms with Crippen LogP contribution in [0.3, 0.4) is 0 Å². The van der Waals surface area contributed by atoms with Gasteiger partial charge in [0.2, 0.25) is 0 Å². The molecule has 0 aromatic rings. The van der Waals surface area contributed by atoms with Crippen molar-refractivity contribution in [1.82, 2.24) is 5.32 Å². The smallest absolute Gasteiger partial charge is 0.157 e. The number of nitrogens with one attached hydrogen (secondary N) is 1. The average molecular weight is 246 g/mol. The molecule has 0 aromatic heterocycles. The molecule has 0 amide bonds. The van der Waals surface area contributed by atoms with E-state index < -0.39 is 0 Å². The fourth-order valence-corrected chi connectivity index (χ4v) is 3.26. The van der Waals surface area contributed by atoms with Crippen molar-refractivity contribution in [2.24, 2.45) is 10.9 Å². The van der Waals surface area contributed by atoms with E-state index in [9.17, 15) is 0 Å². The van der Waals surface area contributed by atoms with Gasteiger partial charge in [0.1, 0.15) is 0 Å². The molecular weight excluding hydrogens is 224 g/mol. The van der Waals surface area contributed by atoms with Crippen LogP contribution in [0.2, 0.25) is 0 Å². The molecule has 0 aliphatic carbocycles. The summed E-state index contributed by atoms with van der Waals surface area (Å²) in [6.07, 6.45) is 3.37. The van der Waals surface area contributed by atoms with Crippen molar-refractivity contribution in [3.63, 3.8) is 0 Å². The zero-order valence-electron chi connectivity index (χ0n) is 10.1. The largest absolute Gasteiger partial charge is 0.362 e. The van der Waals surface area contributed by atoms with Crippen LogP contribution in [0.4, 0.5) is 0 Å². The molecule has 88 valence electrons. The van der Waals surface area contributed by atoms with Crippen LogP contribution in [0.5, 0.6) is 0 Å². The van der Waals surface area contributed by atoms with E-state index in [1.165, 1.54) is 12.2 Å². The maximum atomic E-state index is 4.70. The van der Waals surface area contributed by atoms with Gasteiger partial charge in [-0.25, -0.2) is 0 Å². The number of amidine groups is 1. The Labute approximate surface area is 102 Å². The molecule has 1 aliphatic rings.